The summed E-state index contributed by atoms with van der Waals surface area (Å²) in [5.41, 5.74) is 0.594. The van der Waals surface area contributed by atoms with Gasteiger partial charge in [0.25, 0.3) is 5.91 Å². The molecule has 27 heavy (non-hydrogen) atoms. The van der Waals surface area contributed by atoms with E-state index >= 15 is 0 Å². The first-order chi connectivity index (χ1) is 12.6. The van der Waals surface area contributed by atoms with Crippen LogP contribution in [0.4, 0.5) is 5.69 Å². The summed E-state index contributed by atoms with van der Waals surface area (Å²) >= 11 is 0. The zero-order valence-corrected chi connectivity index (χ0v) is 16.3. The van der Waals surface area contributed by atoms with Gasteiger partial charge in [-0.05, 0) is 74.3 Å². The van der Waals surface area contributed by atoms with Crippen molar-refractivity contribution in [3.63, 3.8) is 0 Å². The molecule has 4 bridgehead atoms. The molecule has 4 saturated carbocycles. The minimum atomic E-state index is -0.491. The van der Waals surface area contributed by atoms with Crippen LogP contribution >= 0.6 is 0 Å². The number of nitro groups is 1. The minimum absolute atomic E-state index is 0.158. The fourth-order valence-electron chi connectivity index (χ4n) is 6.98. The smallest absolute Gasteiger partial charge is 0.311 e. The predicted octanol–water partition coefficient (Wildman–Crippen LogP) is 4.47. The van der Waals surface area contributed by atoms with E-state index in [1.807, 2.05) is 0 Å². The molecule has 0 unspecified atom stereocenters. The van der Waals surface area contributed by atoms with E-state index in [1.165, 1.54) is 31.4 Å². The summed E-state index contributed by atoms with van der Waals surface area (Å²) in [4.78, 5) is 23.9. The third kappa shape index (κ3) is 3.19. The Balaban J connectivity index is 1.59. The average Bonchev–Trinajstić information content (AvgIpc) is 2.51. The third-order valence-corrected chi connectivity index (χ3v) is 6.72. The largest absolute Gasteiger partial charge is 0.487 e. The number of hydrogen-bond donors (Lipinski definition) is 1. The second kappa shape index (κ2) is 5.94. The van der Waals surface area contributed by atoms with Crippen LogP contribution in [0.2, 0.25) is 0 Å². The molecule has 4 aliphatic carbocycles. The van der Waals surface area contributed by atoms with Crippen LogP contribution in [-0.4, -0.2) is 23.0 Å². The lowest BCUT2D eigenvalue weighted by atomic mass is 9.43. The highest BCUT2D eigenvalue weighted by Gasteiger charge is 2.60. The summed E-state index contributed by atoms with van der Waals surface area (Å²) < 4.78 is 5.32. The van der Waals surface area contributed by atoms with E-state index in [1.54, 1.807) is 13.0 Å². The number of amides is 1. The Morgan fingerprint density at radius 3 is 2.44 bits per heavy atom. The molecule has 4 fully saturated rings. The standard InChI is InChI=1S/C21H28N2O4/c1-4-27-17-6-5-15(7-16(17)23(25)26)18(24)22-21-10-14-8-19(2,12-21)11-20(3,9-14)13-21/h5-7,14H,4,8-13H2,1-3H3,(H,22,24)/t14?,19-,20-,21?/m0/s1. The number of rotatable bonds is 5. The molecule has 0 spiro atoms. The van der Waals surface area contributed by atoms with Crippen molar-refractivity contribution < 1.29 is 14.5 Å². The molecular weight excluding hydrogens is 344 g/mol. The van der Waals surface area contributed by atoms with Crippen molar-refractivity contribution in [3.05, 3.63) is 33.9 Å². The first-order valence-electron chi connectivity index (χ1n) is 9.89. The molecule has 4 aliphatic rings. The quantitative estimate of drug-likeness (QED) is 0.611. The average molecular weight is 372 g/mol. The molecule has 1 aromatic rings. The van der Waals surface area contributed by atoms with Gasteiger partial charge in [0.15, 0.2) is 5.75 Å². The number of nitro benzene ring substituents is 1. The molecule has 5 rings (SSSR count). The number of hydrogen-bond acceptors (Lipinski definition) is 4. The van der Waals surface area contributed by atoms with Gasteiger partial charge in [-0.2, -0.15) is 0 Å². The van der Waals surface area contributed by atoms with Gasteiger partial charge in [-0.25, -0.2) is 0 Å². The molecule has 146 valence electrons. The lowest BCUT2D eigenvalue weighted by Gasteiger charge is -2.65. The van der Waals surface area contributed by atoms with Gasteiger partial charge in [0.05, 0.1) is 11.5 Å². The maximum atomic E-state index is 13.0. The van der Waals surface area contributed by atoms with E-state index in [9.17, 15) is 14.9 Å². The molecule has 6 heteroatoms. The number of carbonyl (C=O) groups is 1. The van der Waals surface area contributed by atoms with Crippen LogP contribution in [0.5, 0.6) is 5.75 Å². The Kier molecular flexibility index (Phi) is 4.02. The first-order valence-corrected chi connectivity index (χ1v) is 9.89. The van der Waals surface area contributed by atoms with Crippen molar-refractivity contribution in [2.24, 2.45) is 16.7 Å². The molecule has 0 aromatic heterocycles. The van der Waals surface area contributed by atoms with Crippen LogP contribution < -0.4 is 10.1 Å². The second-order valence-corrected chi connectivity index (χ2v) is 9.74. The van der Waals surface area contributed by atoms with Gasteiger partial charge >= 0.3 is 5.69 Å². The highest BCUT2D eigenvalue weighted by molar-refractivity contribution is 5.95. The normalized spacial score (nSPS) is 36.5. The van der Waals surface area contributed by atoms with Crippen molar-refractivity contribution in [1.82, 2.24) is 5.32 Å². The summed E-state index contributed by atoms with van der Waals surface area (Å²) in [6.07, 6.45) is 6.81. The van der Waals surface area contributed by atoms with Crippen LogP contribution in [-0.2, 0) is 0 Å². The maximum absolute atomic E-state index is 13.0. The number of ether oxygens (including phenoxy) is 1. The van der Waals surface area contributed by atoms with Crippen LogP contribution in [0, 0.1) is 26.9 Å². The van der Waals surface area contributed by atoms with Gasteiger partial charge < -0.3 is 10.1 Å². The monoisotopic (exact) mass is 372 g/mol. The summed E-state index contributed by atoms with van der Waals surface area (Å²) in [5, 5.41) is 14.7. The third-order valence-electron chi connectivity index (χ3n) is 6.72. The molecular formula is C21H28N2O4. The van der Waals surface area contributed by atoms with Crippen molar-refractivity contribution in [3.8, 4) is 5.75 Å². The minimum Gasteiger partial charge on any atom is -0.487 e. The van der Waals surface area contributed by atoms with Crippen molar-refractivity contribution in [2.45, 2.75) is 64.8 Å². The first kappa shape index (κ1) is 18.3. The van der Waals surface area contributed by atoms with Crippen LogP contribution in [0.3, 0.4) is 0 Å². The number of nitrogens with one attached hydrogen (secondary N) is 1. The molecule has 1 N–H and O–H groups in total. The highest BCUT2D eigenvalue weighted by atomic mass is 16.6. The Hall–Kier alpha value is -2.11. The zero-order valence-electron chi connectivity index (χ0n) is 16.3. The lowest BCUT2D eigenvalue weighted by Crippen LogP contribution is -2.65. The van der Waals surface area contributed by atoms with Gasteiger partial charge in [0.1, 0.15) is 0 Å². The molecule has 6 nitrogen and oxygen atoms in total. The van der Waals surface area contributed by atoms with E-state index in [0.29, 0.717) is 28.9 Å². The van der Waals surface area contributed by atoms with Crippen LogP contribution in [0.1, 0.15) is 69.7 Å². The van der Waals surface area contributed by atoms with Crippen molar-refractivity contribution in [1.29, 1.82) is 0 Å². The zero-order chi connectivity index (χ0) is 19.4. The molecule has 0 aliphatic heterocycles. The van der Waals surface area contributed by atoms with Crippen molar-refractivity contribution >= 4 is 11.6 Å². The van der Waals surface area contributed by atoms with Crippen LogP contribution in [0.25, 0.3) is 0 Å². The topological polar surface area (TPSA) is 81.5 Å². The van der Waals surface area contributed by atoms with E-state index in [4.69, 9.17) is 4.74 Å². The van der Waals surface area contributed by atoms with Gasteiger partial charge in [-0.3, -0.25) is 14.9 Å². The summed E-state index contributed by atoms with van der Waals surface area (Å²) in [6.45, 7) is 6.84. The number of carbonyl (C=O) groups excluding carboxylic acids is 1. The maximum Gasteiger partial charge on any atom is 0.311 e. The molecule has 2 atom stereocenters. The summed E-state index contributed by atoms with van der Waals surface area (Å²) in [6, 6.07) is 4.49. The number of benzene rings is 1. The van der Waals surface area contributed by atoms with Crippen LogP contribution in [0.15, 0.2) is 18.2 Å². The number of nitrogens with zero attached hydrogens (tertiary/aromatic N) is 1. The summed E-state index contributed by atoms with van der Waals surface area (Å²) in [7, 11) is 0. The summed E-state index contributed by atoms with van der Waals surface area (Å²) in [5.74, 6) is 0.662. The Labute approximate surface area is 159 Å². The van der Waals surface area contributed by atoms with E-state index < -0.39 is 4.92 Å². The predicted molar refractivity (Wildman–Crippen MR) is 102 cm³/mol. The molecule has 0 heterocycles. The van der Waals surface area contributed by atoms with E-state index in [-0.39, 0.29) is 22.9 Å². The molecule has 1 amide bonds. The van der Waals surface area contributed by atoms with Gasteiger partial charge in [-0.1, -0.05) is 13.8 Å². The molecule has 0 saturated heterocycles. The molecule has 0 radical (unpaired) electrons. The van der Waals surface area contributed by atoms with Gasteiger partial charge in [0.2, 0.25) is 0 Å². The van der Waals surface area contributed by atoms with Gasteiger partial charge in [0, 0.05) is 17.2 Å². The Morgan fingerprint density at radius 1 is 1.22 bits per heavy atom. The fourth-order valence-corrected chi connectivity index (χ4v) is 6.98. The highest BCUT2D eigenvalue weighted by Crippen LogP contribution is 2.66. The fraction of sp³-hybridized carbons (Fsp3) is 0.667. The second-order valence-electron chi connectivity index (χ2n) is 9.74. The lowest BCUT2D eigenvalue weighted by molar-refractivity contribution is -0.385. The SMILES string of the molecule is CCOc1ccc(C(=O)NC23CC4C[C@](C)(C2)C[C@](C)(C4)C3)cc1[N+](=O)[O-]. The Morgan fingerprint density at radius 2 is 1.89 bits per heavy atom. The van der Waals surface area contributed by atoms with E-state index in [2.05, 4.69) is 19.2 Å². The van der Waals surface area contributed by atoms with Gasteiger partial charge in [-0.15, -0.1) is 0 Å². The van der Waals surface area contributed by atoms with Crippen molar-refractivity contribution in [2.75, 3.05) is 6.61 Å². The Bertz CT molecular complexity index is 787. The van der Waals surface area contributed by atoms with E-state index in [0.717, 1.165) is 19.3 Å². The molecule has 1 aromatic carbocycles.